The van der Waals surface area contributed by atoms with Crippen LogP contribution in [0.25, 0.3) is 0 Å². The van der Waals surface area contributed by atoms with E-state index in [2.05, 4.69) is 45.7 Å². The molecule has 2 aromatic rings. The van der Waals surface area contributed by atoms with Gasteiger partial charge in [0.25, 0.3) is 0 Å². The van der Waals surface area contributed by atoms with E-state index in [-0.39, 0.29) is 6.61 Å². The van der Waals surface area contributed by atoms with Crippen LogP contribution in [0.3, 0.4) is 0 Å². The van der Waals surface area contributed by atoms with Gasteiger partial charge in [-0.15, -0.1) is 0 Å². The van der Waals surface area contributed by atoms with E-state index in [4.69, 9.17) is 21.1 Å². The molecule has 0 spiro atoms. The third-order valence-electron chi connectivity index (χ3n) is 3.60. The van der Waals surface area contributed by atoms with E-state index in [1.807, 2.05) is 12.1 Å². The first-order chi connectivity index (χ1) is 11.4. The van der Waals surface area contributed by atoms with Crippen molar-refractivity contribution in [3.63, 3.8) is 0 Å². The second kappa shape index (κ2) is 8.88. The van der Waals surface area contributed by atoms with Gasteiger partial charge in [-0.2, -0.15) is 0 Å². The number of carbonyl (C=O) groups excluding carboxylic acids is 1. The summed E-state index contributed by atoms with van der Waals surface area (Å²) < 4.78 is 12.2. The van der Waals surface area contributed by atoms with E-state index >= 15 is 0 Å². The molecule has 6 heteroatoms. The zero-order chi connectivity index (χ0) is 17.7. The fraction of sp³-hybridized carbons (Fsp3) is 0.278. The maximum atomic E-state index is 12.0. The van der Waals surface area contributed by atoms with Gasteiger partial charge in [-0.3, -0.25) is 0 Å². The highest BCUT2D eigenvalue weighted by Gasteiger charge is 2.12. The summed E-state index contributed by atoms with van der Waals surface area (Å²) in [5, 5.41) is 0.585. The third-order valence-corrected chi connectivity index (χ3v) is 5.08. The van der Waals surface area contributed by atoms with Crippen LogP contribution in [0.5, 0.6) is 11.5 Å². The SMILES string of the molecule is CCC(C)c1ccc(OC(=O)COc2ccc(Cl)cc2Br)c(Br)c1. The van der Waals surface area contributed by atoms with Gasteiger partial charge >= 0.3 is 5.97 Å². The molecule has 0 aliphatic heterocycles. The van der Waals surface area contributed by atoms with Gasteiger partial charge in [0.15, 0.2) is 6.61 Å². The summed E-state index contributed by atoms with van der Waals surface area (Å²) in [6.07, 6.45) is 1.05. The van der Waals surface area contributed by atoms with Gasteiger partial charge < -0.3 is 9.47 Å². The standard InChI is InChI=1S/C18H17Br2ClO3/c1-3-11(2)12-4-6-17(14(19)8-12)24-18(22)10-23-16-7-5-13(21)9-15(16)20/h4-9,11H,3,10H2,1-2H3. The Morgan fingerprint density at radius 1 is 1.12 bits per heavy atom. The van der Waals surface area contributed by atoms with E-state index in [1.54, 1.807) is 24.3 Å². The first-order valence-corrected chi connectivity index (χ1v) is 9.45. The number of halogens is 3. The highest BCUT2D eigenvalue weighted by Crippen LogP contribution is 2.31. The first-order valence-electron chi connectivity index (χ1n) is 7.48. The van der Waals surface area contributed by atoms with Crippen molar-refractivity contribution < 1.29 is 14.3 Å². The van der Waals surface area contributed by atoms with Gasteiger partial charge in [-0.25, -0.2) is 4.79 Å². The van der Waals surface area contributed by atoms with Crippen LogP contribution in [-0.2, 0) is 4.79 Å². The van der Waals surface area contributed by atoms with Crippen molar-refractivity contribution in [2.24, 2.45) is 0 Å². The first kappa shape index (κ1) is 19.3. The Morgan fingerprint density at radius 2 is 1.79 bits per heavy atom. The molecule has 3 nitrogen and oxygen atoms in total. The van der Waals surface area contributed by atoms with Crippen LogP contribution in [0.2, 0.25) is 5.02 Å². The van der Waals surface area contributed by atoms with Gasteiger partial charge in [0.05, 0.1) is 8.95 Å². The van der Waals surface area contributed by atoms with Gasteiger partial charge in [0, 0.05) is 5.02 Å². The van der Waals surface area contributed by atoms with Crippen molar-refractivity contribution in [3.05, 3.63) is 55.9 Å². The average Bonchev–Trinajstić information content (AvgIpc) is 2.55. The fourth-order valence-corrected chi connectivity index (χ4v) is 3.30. The van der Waals surface area contributed by atoms with Crippen molar-refractivity contribution >= 4 is 49.4 Å². The van der Waals surface area contributed by atoms with E-state index in [0.29, 0.717) is 26.9 Å². The minimum Gasteiger partial charge on any atom is -0.481 e. The van der Waals surface area contributed by atoms with Crippen LogP contribution in [-0.4, -0.2) is 12.6 Å². The number of benzene rings is 2. The number of hydrogen-bond donors (Lipinski definition) is 0. The molecule has 0 saturated carbocycles. The molecular formula is C18H17Br2ClO3. The second-order valence-electron chi connectivity index (χ2n) is 5.34. The number of hydrogen-bond acceptors (Lipinski definition) is 3. The molecule has 0 fully saturated rings. The molecule has 1 unspecified atom stereocenters. The lowest BCUT2D eigenvalue weighted by molar-refractivity contribution is -0.136. The normalized spacial score (nSPS) is 11.9. The molecular weight excluding hydrogens is 459 g/mol. The molecule has 0 aromatic heterocycles. The fourth-order valence-electron chi connectivity index (χ4n) is 2.02. The van der Waals surface area contributed by atoms with Crippen LogP contribution < -0.4 is 9.47 Å². The smallest absolute Gasteiger partial charge is 0.349 e. The summed E-state index contributed by atoms with van der Waals surface area (Å²) >= 11 is 12.7. The molecule has 2 rings (SSSR count). The molecule has 0 radical (unpaired) electrons. The van der Waals surface area contributed by atoms with Gasteiger partial charge in [0.2, 0.25) is 0 Å². The van der Waals surface area contributed by atoms with Crippen molar-refractivity contribution in [3.8, 4) is 11.5 Å². The molecule has 24 heavy (non-hydrogen) atoms. The van der Waals surface area contributed by atoms with Crippen LogP contribution in [0.4, 0.5) is 0 Å². The molecule has 1 atom stereocenters. The summed E-state index contributed by atoms with van der Waals surface area (Å²) in [7, 11) is 0. The molecule has 0 amide bonds. The molecule has 2 aromatic carbocycles. The number of rotatable bonds is 6. The Balaban J connectivity index is 1.97. The molecule has 128 valence electrons. The lowest BCUT2D eigenvalue weighted by Crippen LogP contribution is -2.18. The Labute approximate surface area is 163 Å². The summed E-state index contributed by atoms with van der Waals surface area (Å²) in [6.45, 7) is 4.10. The Morgan fingerprint density at radius 3 is 2.42 bits per heavy atom. The van der Waals surface area contributed by atoms with E-state index in [1.165, 1.54) is 5.56 Å². The minimum atomic E-state index is -0.478. The summed E-state index contributed by atoms with van der Waals surface area (Å²) in [5.74, 6) is 0.985. The predicted octanol–water partition coefficient (Wildman–Crippen LogP) is 6.36. The van der Waals surface area contributed by atoms with E-state index in [0.717, 1.165) is 10.9 Å². The highest BCUT2D eigenvalue weighted by atomic mass is 79.9. The lowest BCUT2D eigenvalue weighted by atomic mass is 9.99. The van der Waals surface area contributed by atoms with Crippen LogP contribution in [0.15, 0.2) is 45.3 Å². The van der Waals surface area contributed by atoms with Gasteiger partial charge in [-0.05, 0) is 80.1 Å². The maximum absolute atomic E-state index is 12.0. The van der Waals surface area contributed by atoms with E-state index < -0.39 is 5.97 Å². The molecule has 0 N–H and O–H groups in total. The zero-order valence-corrected chi connectivity index (χ0v) is 17.2. The van der Waals surface area contributed by atoms with Crippen molar-refractivity contribution in [2.75, 3.05) is 6.61 Å². The summed E-state index contributed by atoms with van der Waals surface area (Å²) in [6, 6.07) is 10.8. The van der Waals surface area contributed by atoms with Crippen LogP contribution in [0, 0.1) is 0 Å². The second-order valence-corrected chi connectivity index (χ2v) is 7.48. The quantitative estimate of drug-likeness (QED) is 0.359. The Kier molecular flexibility index (Phi) is 7.14. The molecule has 0 aliphatic rings. The topological polar surface area (TPSA) is 35.5 Å². The Hall–Kier alpha value is -1.04. The zero-order valence-electron chi connectivity index (χ0n) is 13.3. The van der Waals surface area contributed by atoms with Crippen molar-refractivity contribution in [2.45, 2.75) is 26.2 Å². The third kappa shape index (κ3) is 5.23. The predicted molar refractivity (Wildman–Crippen MR) is 103 cm³/mol. The molecule has 0 saturated heterocycles. The maximum Gasteiger partial charge on any atom is 0.349 e. The van der Waals surface area contributed by atoms with Crippen molar-refractivity contribution in [1.82, 2.24) is 0 Å². The average molecular weight is 477 g/mol. The van der Waals surface area contributed by atoms with Gasteiger partial charge in [-0.1, -0.05) is 31.5 Å². The summed E-state index contributed by atoms with van der Waals surface area (Å²) in [5.41, 5.74) is 1.20. The largest absolute Gasteiger partial charge is 0.481 e. The van der Waals surface area contributed by atoms with Crippen LogP contribution in [0.1, 0.15) is 31.7 Å². The number of ether oxygens (including phenoxy) is 2. The van der Waals surface area contributed by atoms with Crippen molar-refractivity contribution in [1.29, 1.82) is 0 Å². The molecule has 0 bridgehead atoms. The minimum absolute atomic E-state index is 0.195. The highest BCUT2D eigenvalue weighted by molar-refractivity contribution is 9.10. The molecule has 0 heterocycles. The lowest BCUT2D eigenvalue weighted by Gasteiger charge is -2.12. The van der Waals surface area contributed by atoms with E-state index in [9.17, 15) is 4.79 Å². The number of carbonyl (C=O) groups is 1. The van der Waals surface area contributed by atoms with Gasteiger partial charge in [0.1, 0.15) is 11.5 Å². The molecule has 0 aliphatic carbocycles. The summed E-state index contributed by atoms with van der Waals surface area (Å²) in [4.78, 5) is 12.0. The van der Waals surface area contributed by atoms with Crippen LogP contribution >= 0.6 is 43.5 Å². The number of esters is 1. The Bertz CT molecular complexity index is 734. The monoisotopic (exact) mass is 474 g/mol.